The normalized spacial score (nSPS) is 22.4. The number of carbonyl (C=O) groups excluding carboxylic acids is 1. The number of nitrogens with zero attached hydrogens (tertiary/aromatic N) is 1. The highest BCUT2D eigenvalue weighted by molar-refractivity contribution is 5.95. The van der Waals surface area contributed by atoms with Gasteiger partial charge >= 0.3 is 0 Å². The van der Waals surface area contributed by atoms with Gasteiger partial charge in [0.2, 0.25) is 5.91 Å². The van der Waals surface area contributed by atoms with Crippen LogP contribution in [0.1, 0.15) is 51.9 Å². The molecule has 1 saturated carbocycles. The first-order valence-corrected chi connectivity index (χ1v) is 7.71. The van der Waals surface area contributed by atoms with E-state index >= 15 is 0 Å². The van der Waals surface area contributed by atoms with Crippen molar-refractivity contribution in [2.24, 2.45) is 11.8 Å². The zero-order chi connectivity index (χ0) is 14.4. The zero-order valence-electron chi connectivity index (χ0n) is 12.3. The van der Waals surface area contributed by atoms with Gasteiger partial charge < -0.3 is 11.1 Å². The lowest BCUT2D eigenvalue weighted by atomic mass is 9.79. The first-order valence-electron chi connectivity index (χ1n) is 7.71. The SMILES string of the molecule is CCCCC1CCC(C(=O)Nc2ccncc2N)CC1. The van der Waals surface area contributed by atoms with Gasteiger partial charge in [0.1, 0.15) is 0 Å². The lowest BCUT2D eigenvalue weighted by Crippen LogP contribution is -2.27. The fraction of sp³-hybridized carbons (Fsp3) is 0.625. The second kappa shape index (κ2) is 7.27. The fourth-order valence-electron chi connectivity index (χ4n) is 2.96. The van der Waals surface area contributed by atoms with E-state index in [1.54, 1.807) is 18.5 Å². The van der Waals surface area contributed by atoms with E-state index in [1.165, 1.54) is 32.1 Å². The van der Waals surface area contributed by atoms with Crippen molar-refractivity contribution >= 4 is 17.3 Å². The average Bonchev–Trinajstić information content (AvgIpc) is 2.48. The van der Waals surface area contributed by atoms with E-state index in [9.17, 15) is 4.79 Å². The van der Waals surface area contributed by atoms with Gasteiger partial charge in [-0.1, -0.05) is 26.2 Å². The number of pyridine rings is 1. The molecule has 2 rings (SSSR count). The quantitative estimate of drug-likeness (QED) is 0.862. The van der Waals surface area contributed by atoms with Crippen molar-refractivity contribution in [3.63, 3.8) is 0 Å². The predicted molar refractivity (Wildman–Crippen MR) is 82.3 cm³/mol. The second-order valence-corrected chi connectivity index (χ2v) is 5.81. The van der Waals surface area contributed by atoms with Crippen LogP contribution in [0.15, 0.2) is 18.5 Å². The molecule has 0 aromatic carbocycles. The molecule has 0 unspecified atom stereocenters. The molecule has 0 spiro atoms. The van der Waals surface area contributed by atoms with Gasteiger partial charge in [0.15, 0.2) is 0 Å². The Bertz CT molecular complexity index is 439. The van der Waals surface area contributed by atoms with E-state index in [0.29, 0.717) is 11.4 Å². The standard InChI is InChI=1S/C16H25N3O/c1-2-3-4-12-5-7-13(8-6-12)16(20)19-15-9-10-18-11-14(15)17/h9-13H,2-8,17H2,1H3,(H,18,19,20). The smallest absolute Gasteiger partial charge is 0.227 e. The summed E-state index contributed by atoms with van der Waals surface area (Å²) in [6.07, 6.45) is 11.5. The highest BCUT2D eigenvalue weighted by Gasteiger charge is 2.26. The third-order valence-electron chi connectivity index (χ3n) is 4.29. The van der Waals surface area contributed by atoms with Gasteiger partial charge in [0.05, 0.1) is 17.6 Å². The van der Waals surface area contributed by atoms with Crippen LogP contribution in [0.5, 0.6) is 0 Å². The number of amides is 1. The monoisotopic (exact) mass is 275 g/mol. The number of unbranched alkanes of at least 4 members (excludes halogenated alkanes) is 1. The summed E-state index contributed by atoms with van der Waals surface area (Å²) in [5.41, 5.74) is 7.00. The maximum atomic E-state index is 12.3. The predicted octanol–water partition coefficient (Wildman–Crippen LogP) is 3.60. The van der Waals surface area contributed by atoms with Gasteiger partial charge in [-0.2, -0.15) is 0 Å². The molecule has 4 heteroatoms. The molecule has 1 aromatic rings. The van der Waals surface area contributed by atoms with Crippen LogP contribution in [0.2, 0.25) is 0 Å². The minimum atomic E-state index is 0.108. The van der Waals surface area contributed by atoms with Crippen LogP contribution in [0.25, 0.3) is 0 Å². The molecule has 1 aliphatic carbocycles. The Labute approximate surface area is 121 Å². The highest BCUT2D eigenvalue weighted by Crippen LogP contribution is 2.32. The van der Waals surface area contributed by atoms with Gasteiger partial charge in [-0.25, -0.2) is 0 Å². The van der Waals surface area contributed by atoms with E-state index < -0.39 is 0 Å². The minimum absolute atomic E-state index is 0.108. The largest absolute Gasteiger partial charge is 0.396 e. The molecule has 0 bridgehead atoms. The molecule has 4 nitrogen and oxygen atoms in total. The molecule has 3 N–H and O–H groups in total. The third-order valence-corrected chi connectivity index (χ3v) is 4.29. The van der Waals surface area contributed by atoms with Gasteiger partial charge in [-0.05, 0) is 37.7 Å². The molecule has 0 radical (unpaired) electrons. The Balaban J connectivity index is 1.82. The summed E-state index contributed by atoms with van der Waals surface area (Å²) in [6.45, 7) is 2.23. The van der Waals surface area contributed by atoms with E-state index in [0.717, 1.165) is 18.8 Å². The second-order valence-electron chi connectivity index (χ2n) is 5.81. The lowest BCUT2D eigenvalue weighted by Gasteiger charge is -2.27. The molecular formula is C16H25N3O. The number of carbonyl (C=O) groups is 1. The summed E-state index contributed by atoms with van der Waals surface area (Å²) in [7, 11) is 0. The van der Waals surface area contributed by atoms with Gasteiger partial charge in [-0.3, -0.25) is 9.78 Å². The minimum Gasteiger partial charge on any atom is -0.396 e. The Morgan fingerprint density at radius 2 is 2.15 bits per heavy atom. The number of nitrogens with two attached hydrogens (primary N) is 1. The van der Waals surface area contributed by atoms with Crippen molar-refractivity contribution in [3.8, 4) is 0 Å². The number of nitrogens with one attached hydrogen (secondary N) is 1. The van der Waals surface area contributed by atoms with Crippen LogP contribution in [0.3, 0.4) is 0 Å². The van der Waals surface area contributed by atoms with Crippen LogP contribution in [-0.4, -0.2) is 10.9 Å². The number of aromatic nitrogens is 1. The first-order chi connectivity index (χ1) is 9.70. The third kappa shape index (κ3) is 3.95. The summed E-state index contributed by atoms with van der Waals surface area (Å²) in [6, 6.07) is 1.75. The lowest BCUT2D eigenvalue weighted by molar-refractivity contribution is -0.121. The summed E-state index contributed by atoms with van der Waals surface area (Å²) in [5, 5.41) is 2.93. The van der Waals surface area contributed by atoms with Crippen molar-refractivity contribution in [2.45, 2.75) is 51.9 Å². The van der Waals surface area contributed by atoms with Gasteiger partial charge in [-0.15, -0.1) is 0 Å². The molecule has 0 atom stereocenters. The van der Waals surface area contributed by atoms with E-state index in [4.69, 9.17) is 5.73 Å². The number of hydrogen-bond donors (Lipinski definition) is 2. The molecule has 1 heterocycles. The molecule has 20 heavy (non-hydrogen) atoms. The van der Waals surface area contributed by atoms with Crippen LogP contribution in [0.4, 0.5) is 11.4 Å². The first kappa shape index (κ1) is 14.8. The van der Waals surface area contributed by atoms with Crippen molar-refractivity contribution in [2.75, 3.05) is 11.1 Å². The van der Waals surface area contributed by atoms with Crippen LogP contribution in [0, 0.1) is 11.8 Å². The summed E-state index contributed by atoms with van der Waals surface area (Å²) < 4.78 is 0. The van der Waals surface area contributed by atoms with Crippen LogP contribution >= 0.6 is 0 Å². The molecule has 0 aliphatic heterocycles. The zero-order valence-corrected chi connectivity index (χ0v) is 12.3. The summed E-state index contributed by atoms with van der Waals surface area (Å²) >= 11 is 0. The maximum Gasteiger partial charge on any atom is 0.227 e. The molecule has 1 fully saturated rings. The fourth-order valence-corrected chi connectivity index (χ4v) is 2.96. The molecular weight excluding hydrogens is 250 g/mol. The van der Waals surface area contributed by atoms with E-state index in [2.05, 4.69) is 17.2 Å². The molecule has 1 aromatic heterocycles. The number of nitrogen functional groups attached to an aromatic ring is 1. The molecule has 110 valence electrons. The van der Waals surface area contributed by atoms with Crippen LogP contribution in [-0.2, 0) is 4.79 Å². The van der Waals surface area contributed by atoms with Gasteiger partial charge in [0, 0.05) is 12.1 Å². The summed E-state index contributed by atoms with van der Waals surface area (Å²) in [4.78, 5) is 16.2. The van der Waals surface area contributed by atoms with Crippen molar-refractivity contribution in [3.05, 3.63) is 18.5 Å². The maximum absolute atomic E-state index is 12.3. The van der Waals surface area contributed by atoms with E-state index in [1.807, 2.05) is 0 Å². The molecule has 1 aliphatic rings. The van der Waals surface area contributed by atoms with E-state index in [-0.39, 0.29) is 11.8 Å². The molecule has 1 amide bonds. The summed E-state index contributed by atoms with van der Waals surface area (Å²) in [5.74, 6) is 1.07. The van der Waals surface area contributed by atoms with Crippen molar-refractivity contribution in [1.29, 1.82) is 0 Å². The average molecular weight is 275 g/mol. The Morgan fingerprint density at radius 1 is 1.40 bits per heavy atom. The number of hydrogen-bond acceptors (Lipinski definition) is 3. The Kier molecular flexibility index (Phi) is 5.39. The number of anilines is 2. The van der Waals surface area contributed by atoms with Crippen molar-refractivity contribution < 1.29 is 4.79 Å². The van der Waals surface area contributed by atoms with Gasteiger partial charge in [0.25, 0.3) is 0 Å². The topological polar surface area (TPSA) is 68.0 Å². The molecule has 0 saturated heterocycles. The highest BCUT2D eigenvalue weighted by atomic mass is 16.1. The van der Waals surface area contributed by atoms with Crippen molar-refractivity contribution in [1.82, 2.24) is 4.98 Å². The number of rotatable bonds is 5. The Hall–Kier alpha value is -1.58. The Morgan fingerprint density at radius 3 is 2.80 bits per heavy atom. The van der Waals surface area contributed by atoms with Crippen LogP contribution < -0.4 is 11.1 Å².